The lowest BCUT2D eigenvalue weighted by Gasteiger charge is -2.31. The summed E-state index contributed by atoms with van der Waals surface area (Å²) in [5, 5.41) is 0. The van der Waals surface area contributed by atoms with E-state index >= 15 is 0 Å². The van der Waals surface area contributed by atoms with Crippen LogP contribution in [0.25, 0.3) is 0 Å². The first-order valence-electron chi connectivity index (χ1n) is 25.4. The van der Waals surface area contributed by atoms with Crippen LogP contribution in [-0.4, -0.2) is 8.42 Å². The van der Waals surface area contributed by atoms with Gasteiger partial charge in [0.25, 0.3) is 0 Å². The normalized spacial score (nSPS) is 12.4. The standard InChI is InChI=1S/C54H94O4S/c1-7-9-11-13-15-17-19-21-23-25-27-29-31-33-35-37-43-49-45-39-41-47-51(49)53(3,4)57-59(55,56)58-54(5,6)52-48-42-40-46-50(52)44-38-36-34-32-30-28-26-24-22-20-18-16-14-12-10-8-2/h39-42,45-48H,7-38,43-44H2,1-6H3. The first-order valence-corrected chi connectivity index (χ1v) is 26.7. The van der Waals surface area contributed by atoms with Crippen molar-refractivity contribution >= 4 is 10.4 Å². The Bertz CT molecular complexity index is 1300. The zero-order valence-corrected chi connectivity index (χ0v) is 40.5. The molecule has 4 nitrogen and oxygen atoms in total. The molecule has 0 atom stereocenters. The molecule has 0 radical (unpaired) electrons. The van der Waals surface area contributed by atoms with Crippen molar-refractivity contribution < 1.29 is 16.8 Å². The van der Waals surface area contributed by atoms with Crippen LogP contribution in [0.4, 0.5) is 0 Å². The van der Waals surface area contributed by atoms with Crippen LogP contribution in [0.15, 0.2) is 48.5 Å². The predicted octanol–water partition coefficient (Wildman–Crippen LogP) is 17.7. The van der Waals surface area contributed by atoms with Gasteiger partial charge in [0.05, 0.1) is 0 Å². The Kier molecular flexibility index (Phi) is 29.8. The minimum atomic E-state index is -4.33. The molecule has 2 aromatic carbocycles. The lowest BCUT2D eigenvalue weighted by Crippen LogP contribution is -2.33. The van der Waals surface area contributed by atoms with Crippen molar-refractivity contribution in [2.45, 2.75) is 271 Å². The minimum absolute atomic E-state index is 0.912. The Hall–Kier alpha value is -1.69. The van der Waals surface area contributed by atoms with E-state index in [1.807, 2.05) is 64.1 Å². The third-order valence-electron chi connectivity index (χ3n) is 12.6. The van der Waals surface area contributed by atoms with Gasteiger partial charge in [0.1, 0.15) is 11.2 Å². The maximum atomic E-state index is 13.6. The molecule has 0 heterocycles. The van der Waals surface area contributed by atoms with Crippen LogP contribution < -0.4 is 0 Å². The summed E-state index contributed by atoms with van der Waals surface area (Å²) in [5.41, 5.74) is 2.01. The van der Waals surface area contributed by atoms with Gasteiger partial charge in [-0.25, -0.2) is 8.37 Å². The Morgan fingerprint density at radius 1 is 0.356 bits per heavy atom. The molecule has 2 rings (SSSR count). The summed E-state index contributed by atoms with van der Waals surface area (Å²) < 4.78 is 39.1. The molecule has 0 aromatic heterocycles. The molecule has 0 amide bonds. The van der Waals surface area contributed by atoms with E-state index in [4.69, 9.17) is 8.37 Å². The third-order valence-corrected chi connectivity index (χ3v) is 13.8. The lowest BCUT2D eigenvalue weighted by atomic mass is 9.90. The molecule has 0 aliphatic rings. The van der Waals surface area contributed by atoms with Gasteiger partial charge in [-0.05, 0) is 75.6 Å². The fraction of sp³-hybridized carbons (Fsp3) is 0.778. The Balaban J connectivity index is 1.70. The largest absolute Gasteiger partial charge is 0.401 e. The predicted molar refractivity (Wildman–Crippen MR) is 257 cm³/mol. The number of hydrogen-bond donors (Lipinski definition) is 0. The monoisotopic (exact) mass is 839 g/mol. The fourth-order valence-corrected chi connectivity index (χ4v) is 10.2. The van der Waals surface area contributed by atoms with Crippen molar-refractivity contribution in [1.29, 1.82) is 0 Å². The van der Waals surface area contributed by atoms with Crippen LogP contribution in [-0.2, 0) is 42.8 Å². The van der Waals surface area contributed by atoms with Gasteiger partial charge in [0.15, 0.2) is 0 Å². The van der Waals surface area contributed by atoms with Crippen molar-refractivity contribution in [3.05, 3.63) is 70.8 Å². The molecule has 59 heavy (non-hydrogen) atoms. The topological polar surface area (TPSA) is 52.6 Å². The van der Waals surface area contributed by atoms with E-state index in [-0.39, 0.29) is 0 Å². The minimum Gasteiger partial charge on any atom is -0.237 e. The smallest absolute Gasteiger partial charge is 0.237 e. The number of aryl methyl sites for hydroxylation is 2. The zero-order valence-electron chi connectivity index (χ0n) is 39.7. The van der Waals surface area contributed by atoms with Crippen LogP contribution in [0.5, 0.6) is 0 Å². The van der Waals surface area contributed by atoms with Gasteiger partial charge in [0, 0.05) is 0 Å². The molecule has 0 N–H and O–H groups in total. The number of benzene rings is 2. The maximum absolute atomic E-state index is 13.6. The zero-order chi connectivity index (χ0) is 42.9. The van der Waals surface area contributed by atoms with Crippen molar-refractivity contribution in [1.82, 2.24) is 0 Å². The summed E-state index contributed by atoms with van der Waals surface area (Å²) in [6.45, 7) is 12.0. The van der Waals surface area contributed by atoms with Gasteiger partial charge in [0.2, 0.25) is 0 Å². The van der Waals surface area contributed by atoms with Gasteiger partial charge in [-0.2, -0.15) is 8.42 Å². The van der Waals surface area contributed by atoms with E-state index in [9.17, 15) is 8.42 Å². The van der Waals surface area contributed by atoms with Gasteiger partial charge in [-0.1, -0.05) is 255 Å². The molecule has 0 saturated carbocycles. The highest BCUT2D eigenvalue weighted by Crippen LogP contribution is 2.36. The summed E-state index contributed by atoms with van der Waals surface area (Å²) in [4.78, 5) is 0. The summed E-state index contributed by atoms with van der Waals surface area (Å²) in [6, 6.07) is 16.3. The molecular formula is C54H94O4S. The molecule has 0 fully saturated rings. The van der Waals surface area contributed by atoms with Gasteiger partial charge in [-0.3, -0.25) is 0 Å². The van der Waals surface area contributed by atoms with Gasteiger partial charge in [-0.15, -0.1) is 0 Å². The molecule has 0 aliphatic heterocycles. The van der Waals surface area contributed by atoms with Crippen LogP contribution in [0.3, 0.4) is 0 Å². The number of rotatable bonds is 40. The van der Waals surface area contributed by atoms with E-state index in [1.54, 1.807) is 0 Å². The second-order valence-electron chi connectivity index (χ2n) is 19.0. The van der Waals surface area contributed by atoms with E-state index in [2.05, 4.69) is 26.0 Å². The second-order valence-corrected chi connectivity index (χ2v) is 20.2. The number of hydrogen-bond acceptors (Lipinski definition) is 4. The highest BCUT2D eigenvalue weighted by atomic mass is 32.3. The highest BCUT2D eigenvalue weighted by Gasteiger charge is 2.37. The van der Waals surface area contributed by atoms with E-state index in [0.29, 0.717) is 0 Å². The summed E-state index contributed by atoms with van der Waals surface area (Å²) in [6.07, 6.45) is 45.0. The van der Waals surface area contributed by atoms with E-state index in [0.717, 1.165) is 47.9 Å². The van der Waals surface area contributed by atoms with Crippen molar-refractivity contribution in [3.63, 3.8) is 0 Å². The molecule has 0 unspecified atom stereocenters. The van der Waals surface area contributed by atoms with Crippen molar-refractivity contribution in [2.24, 2.45) is 0 Å². The molecular weight excluding hydrogens is 745 g/mol. The molecule has 5 heteroatoms. The SMILES string of the molecule is CCCCCCCCCCCCCCCCCCc1ccccc1C(C)(C)OS(=O)(=O)OC(C)(C)c1ccccc1CCCCCCCCCCCCCCCCCC. The average molecular weight is 839 g/mol. The Labute approximate surface area is 367 Å². The van der Waals surface area contributed by atoms with Crippen molar-refractivity contribution in [3.8, 4) is 0 Å². The fourth-order valence-electron chi connectivity index (χ4n) is 9.00. The first-order chi connectivity index (χ1) is 28.5. The Morgan fingerprint density at radius 2 is 0.576 bits per heavy atom. The van der Waals surface area contributed by atoms with E-state index in [1.165, 1.54) is 193 Å². The van der Waals surface area contributed by atoms with E-state index < -0.39 is 21.6 Å². The summed E-state index contributed by atoms with van der Waals surface area (Å²) in [5.74, 6) is 0. The molecule has 340 valence electrons. The average Bonchev–Trinajstić information content (AvgIpc) is 3.20. The highest BCUT2D eigenvalue weighted by molar-refractivity contribution is 7.81. The van der Waals surface area contributed by atoms with Crippen molar-refractivity contribution in [2.75, 3.05) is 0 Å². The number of unbranched alkanes of at least 4 members (excludes halogenated alkanes) is 30. The third kappa shape index (κ3) is 25.8. The molecule has 0 spiro atoms. The molecule has 0 saturated heterocycles. The quantitative estimate of drug-likeness (QED) is 0.0628. The summed E-state index contributed by atoms with van der Waals surface area (Å²) >= 11 is 0. The lowest BCUT2D eigenvalue weighted by molar-refractivity contribution is 0.0377. The first kappa shape index (κ1) is 53.4. The van der Waals surface area contributed by atoms with Gasteiger partial charge >= 0.3 is 10.4 Å². The van der Waals surface area contributed by atoms with Crippen LogP contribution in [0, 0.1) is 0 Å². The van der Waals surface area contributed by atoms with Crippen LogP contribution in [0.2, 0.25) is 0 Å². The molecule has 0 aliphatic carbocycles. The maximum Gasteiger partial charge on any atom is 0.401 e. The molecule has 0 bridgehead atoms. The second kappa shape index (κ2) is 32.9. The van der Waals surface area contributed by atoms with Crippen LogP contribution in [0.1, 0.15) is 269 Å². The summed E-state index contributed by atoms with van der Waals surface area (Å²) in [7, 11) is -4.33. The van der Waals surface area contributed by atoms with Gasteiger partial charge < -0.3 is 0 Å². The van der Waals surface area contributed by atoms with Crippen LogP contribution >= 0.6 is 0 Å². The molecule has 2 aromatic rings. The Morgan fingerprint density at radius 3 is 0.831 bits per heavy atom.